The summed E-state index contributed by atoms with van der Waals surface area (Å²) in [7, 11) is 0. The molecule has 6 heteroatoms. The number of carbonyl (C=O) groups excluding carboxylic acids is 1. The van der Waals surface area contributed by atoms with Crippen molar-refractivity contribution in [3.63, 3.8) is 0 Å². The molecule has 0 bridgehead atoms. The number of benzene rings is 3. The van der Waals surface area contributed by atoms with Gasteiger partial charge in [-0.3, -0.25) is 4.79 Å². The van der Waals surface area contributed by atoms with Crippen LogP contribution >= 0.6 is 12.2 Å². The van der Waals surface area contributed by atoms with Crippen molar-refractivity contribution in [2.24, 2.45) is 5.92 Å². The van der Waals surface area contributed by atoms with Crippen LogP contribution in [0.3, 0.4) is 0 Å². The highest BCUT2D eigenvalue weighted by molar-refractivity contribution is 7.80. The summed E-state index contributed by atoms with van der Waals surface area (Å²) in [6.45, 7) is 8.18. The van der Waals surface area contributed by atoms with Crippen molar-refractivity contribution >= 4 is 28.8 Å². The van der Waals surface area contributed by atoms with Crippen molar-refractivity contribution in [1.29, 1.82) is 0 Å². The van der Waals surface area contributed by atoms with E-state index in [1.54, 1.807) is 0 Å². The number of nitrogens with one attached hydrogen (secondary N) is 1. The van der Waals surface area contributed by atoms with Gasteiger partial charge in [0.05, 0.1) is 6.61 Å². The highest BCUT2D eigenvalue weighted by Crippen LogP contribution is 2.31. The standard InChI is InChI=1S/C31H36N2O3S/c1-4-35-28-20-26(31(37)33-17-15-25(16-18-33)19-24-11-6-5-7-12-24)13-14-27(28)36-21-29(34)32-30-22(2)9-8-10-23(30)3/h5-14,20,25H,4,15-19,21H2,1-3H3,(H,32,34). The van der Waals surface area contributed by atoms with Crippen LogP contribution in [0.1, 0.15) is 42.0 Å². The molecule has 0 aliphatic carbocycles. The Morgan fingerprint density at radius 1 is 0.946 bits per heavy atom. The van der Waals surface area contributed by atoms with Crippen LogP contribution in [0.4, 0.5) is 5.69 Å². The third-order valence-electron chi connectivity index (χ3n) is 6.86. The fourth-order valence-corrected chi connectivity index (χ4v) is 5.14. The zero-order valence-electron chi connectivity index (χ0n) is 22.0. The van der Waals surface area contributed by atoms with Crippen LogP contribution in [0.2, 0.25) is 0 Å². The van der Waals surface area contributed by atoms with Crippen molar-refractivity contribution in [2.75, 3.05) is 31.6 Å². The van der Waals surface area contributed by atoms with E-state index in [0.717, 1.165) is 59.7 Å². The maximum Gasteiger partial charge on any atom is 0.262 e. The third kappa shape index (κ3) is 7.10. The largest absolute Gasteiger partial charge is 0.490 e. The summed E-state index contributed by atoms with van der Waals surface area (Å²) in [6, 6.07) is 22.4. The van der Waals surface area contributed by atoms with Crippen molar-refractivity contribution in [2.45, 2.75) is 40.0 Å². The van der Waals surface area contributed by atoms with E-state index >= 15 is 0 Å². The number of ether oxygens (including phenoxy) is 2. The Bertz CT molecular complexity index is 1200. The Balaban J connectivity index is 1.35. The van der Waals surface area contributed by atoms with Gasteiger partial charge in [-0.25, -0.2) is 0 Å². The summed E-state index contributed by atoms with van der Waals surface area (Å²) in [5.74, 6) is 1.61. The minimum Gasteiger partial charge on any atom is -0.490 e. The summed E-state index contributed by atoms with van der Waals surface area (Å²) < 4.78 is 11.7. The summed E-state index contributed by atoms with van der Waals surface area (Å²) in [4.78, 5) is 15.7. The van der Waals surface area contributed by atoms with Crippen molar-refractivity contribution < 1.29 is 14.3 Å². The van der Waals surface area contributed by atoms with Crippen LogP contribution in [0, 0.1) is 19.8 Å². The van der Waals surface area contributed by atoms with E-state index in [-0.39, 0.29) is 12.5 Å². The Labute approximate surface area is 225 Å². The molecule has 4 rings (SSSR count). The van der Waals surface area contributed by atoms with Gasteiger partial charge in [-0.15, -0.1) is 0 Å². The predicted molar refractivity (Wildman–Crippen MR) is 154 cm³/mol. The van der Waals surface area contributed by atoms with Gasteiger partial charge in [-0.1, -0.05) is 60.7 Å². The smallest absolute Gasteiger partial charge is 0.262 e. The quantitative estimate of drug-likeness (QED) is 0.336. The zero-order valence-corrected chi connectivity index (χ0v) is 22.8. The summed E-state index contributed by atoms with van der Waals surface area (Å²) in [5, 5.41) is 2.96. The van der Waals surface area contributed by atoms with Crippen LogP contribution in [0.15, 0.2) is 66.7 Å². The first kappa shape index (κ1) is 26.7. The molecule has 37 heavy (non-hydrogen) atoms. The highest BCUT2D eigenvalue weighted by Gasteiger charge is 2.23. The number of anilines is 1. The lowest BCUT2D eigenvalue weighted by atomic mass is 9.90. The zero-order chi connectivity index (χ0) is 26.2. The van der Waals surface area contributed by atoms with Crippen molar-refractivity contribution in [3.05, 3.63) is 89.0 Å². The molecule has 194 valence electrons. The van der Waals surface area contributed by atoms with Gasteiger partial charge in [0.2, 0.25) is 0 Å². The van der Waals surface area contributed by atoms with Crippen LogP contribution in [-0.4, -0.2) is 42.1 Å². The lowest BCUT2D eigenvalue weighted by Gasteiger charge is -2.34. The number of aryl methyl sites for hydroxylation is 2. The number of piperidine rings is 1. The maximum atomic E-state index is 12.6. The number of thiocarbonyl (C=S) groups is 1. The summed E-state index contributed by atoms with van der Waals surface area (Å²) in [6.07, 6.45) is 3.38. The molecule has 1 saturated heterocycles. The molecule has 1 aliphatic heterocycles. The van der Waals surface area contributed by atoms with Crippen molar-refractivity contribution in [1.82, 2.24) is 4.90 Å². The molecular formula is C31H36N2O3S. The number of nitrogens with zero attached hydrogens (tertiary/aromatic N) is 1. The van der Waals surface area contributed by atoms with Gasteiger partial charge in [-0.05, 0) is 80.8 Å². The van der Waals surface area contributed by atoms with E-state index in [2.05, 4.69) is 40.5 Å². The third-order valence-corrected chi connectivity index (χ3v) is 7.36. The summed E-state index contributed by atoms with van der Waals surface area (Å²) in [5.41, 5.74) is 5.21. The van der Waals surface area contributed by atoms with E-state index in [0.29, 0.717) is 24.0 Å². The Morgan fingerprint density at radius 3 is 2.32 bits per heavy atom. The fourth-order valence-electron chi connectivity index (χ4n) is 4.83. The molecule has 0 radical (unpaired) electrons. The average molecular weight is 517 g/mol. The van der Waals surface area contributed by atoms with Gasteiger partial charge < -0.3 is 19.7 Å². The first-order valence-corrected chi connectivity index (χ1v) is 13.4. The van der Waals surface area contributed by atoms with Crippen LogP contribution in [0.25, 0.3) is 0 Å². The number of amides is 1. The molecule has 0 unspecified atom stereocenters. The van der Waals surface area contributed by atoms with Gasteiger partial charge in [0, 0.05) is 24.3 Å². The molecule has 0 saturated carbocycles. The topological polar surface area (TPSA) is 50.8 Å². The molecule has 1 fully saturated rings. The van der Waals surface area contributed by atoms with Gasteiger partial charge in [0.1, 0.15) is 4.99 Å². The lowest BCUT2D eigenvalue weighted by Crippen LogP contribution is -2.38. The number of para-hydroxylation sites is 1. The van der Waals surface area contributed by atoms with Crippen molar-refractivity contribution in [3.8, 4) is 11.5 Å². The molecule has 1 N–H and O–H groups in total. The number of rotatable bonds is 9. The number of hydrogen-bond donors (Lipinski definition) is 1. The molecule has 0 aromatic heterocycles. The minimum atomic E-state index is -0.210. The Morgan fingerprint density at radius 2 is 1.65 bits per heavy atom. The average Bonchev–Trinajstić information content (AvgIpc) is 2.91. The normalized spacial score (nSPS) is 13.8. The first-order chi connectivity index (χ1) is 17.9. The van der Waals surface area contributed by atoms with Gasteiger partial charge in [-0.2, -0.15) is 0 Å². The van der Waals surface area contributed by atoms with Crippen LogP contribution in [-0.2, 0) is 11.2 Å². The minimum absolute atomic E-state index is 0.105. The van der Waals surface area contributed by atoms with E-state index in [1.807, 2.05) is 57.2 Å². The fraction of sp³-hybridized carbons (Fsp3) is 0.355. The summed E-state index contributed by atoms with van der Waals surface area (Å²) >= 11 is 5.86. The molecule has 0 spiro atoms. The number of likely N-dealkylation sites (tertiary alicyclic amines) is 1. The van der Waals surface area contributed by atoms with Crippen LogP contribution in [0.5, 0.6) is 11.5 Å². The van der Waals surface area contributed by atoms with E-state index in [4.69, 9.17) is 21.7 Å². The van der Waals surface area contributed by atoms with Gasteiger partial charge >= 0.3 is 0 Å². The van der Waals surface area contributed by atoms with E-state index < -0.39 is 0 Å². The predicted octanol–water partition coefficient (Wildman–Crippen LogP) is 6.35. The molecule has 1 aliphatic rings. The number of carbonyl (C=O) groups is 1. The second-order valence-corrected chi connectivity index (χ2v) is 10.0. The molecular weight excluding hydrogens is 480 g/mol. The Hall–Kier alpha value is -3.38. The van der Waals surface area contributed by atoms with Gasteiger partial charge in [0.25, 0.3) is 5.91 Å². The van der Waals surface area contributed by atoms with Gasteiger partial charge in [0.15, 0.2) is 18.1 Å². The molecule has 3 aromatic carbocycles. The maximum absolute atomic E-state index is 12.6. The molecule has 0 atom stereocenters. The highest BCUT2D eigenvalue weighted by atomic mass is 32.1. The van der Waals surface area contributed by atoms with E-state index in [9.17, 15) is 4.79 Å². The van der Waals surface area contributed by atoms with Crippen LogP contribution < -0.4 is 14.8 Å². The monoisotopic (exact) mass is 516 g/mol. The van der Waals surface area contributed by atoms with E-state index in [1.165, 1.54) is 5.56 Å². The molecule has 1 heterocycles. The lowest BCUT2D eigenvalue weighted by molar-refractivity contribution is -0.118. The second-order valence-electron chi connectivity index (χ2n) is 9.62. The second kappa shape index (κ2) is 12.7. The first-order valence-electron chi connectivity index (χ1n) is 13.0. The Kier molecular flexibility index (Phi) is 9.18. The SMILES string of the molecule is CCOc1cc(C(=S)N2CCC(Cc3ccccc3)CC2)ccc1OCC(=O)Nc1c(C)cccc1C. The number of hydrogen-bond acceptors (Lipinski definition) is 4. The molecule has 5 nitrogen and oxygen atoms in total. The molecule has 1 amide bonds. The molecule has 3 aromatic rings.